The van der Waals surface area contributed by atoms with Crippen molar-refractivity contribution in [1.82, 2.24) is 0 Å². The third kappa shape index (κ3) is 6.34. The number of hydrazone groups is 1. The van der Waals surface area contributed by atoms with Gasteiger partial charge in [0.15, 0.2) is 5.71 Å². The van der Waals surface area contributed by atoms with Crippen LogP contribution in [-0.4, -0.2) is 28.9 Å². The maximum absolute atomic E-state index is 12.1. The highest BCUT2D eigenvalue weighted by Crippen LogP contribution is 2.23. The van der Waals surface area contributed by atoms with Gasteiger partial charge in [0.1, 0.15) is 5.75 Å². The Balaban J connectivity index is 2.01. The SMILES string of the molecule is CC(=N/Nc1ccc(OC(F)(F)F)cc1)/C(=N\O)C(=O)Nc1ccccc1. The molecule has 0 radical (unpaired) electrons. The van der Waals surface area contributed by atoms with Crippen LogP contribution in [-0.2, 0) is 4.79 Å². The molecule has 10 heteroatoms. The molecule has 2 aromatic carbocycles. The molecule has 0 fully saturated rings. The van der Waals surface area contributed by atoms with Crippen molar-refractivity contribution in [3.63, 3.8) is 0 Å². The molecule has 0 aromatic heterocycles. The van der Waals surface area contributed by atoms with Gasteiger partial charge in [-0.2, -0.15) is 5.10 Å². The highest BCUT2D eigenvalue weighted by Gasteiger charge is 2.30. The van der Waals surface area contributed by atoms with Crippen LogP contribution >= 0.6 is 0 Å². The summed E-state index contributed by atoms with van der Waals surface area (Å²) in [4.78, 5) is 12.1. The second-order valence-corrected chi connectivity index (χ2v) is 5.15. The van der Waals surface area contributed by atoms with Gasteiger partial charge in [-0.1, -0.05) is 23.4 Å². The Morgan fingerprint density at radius 1 is 1.04 bits per heavy atom. The van der Waals surface area contributed by atoms with E-state index in [1.165, 1.54) is 19.1 Å². The van der Waals surface area contributed by atoms with E-state index in [-0.39, 0.29) is 17.2 Å². The van der Waals surface area contributed by atoms with E-state index in [0.717, 1.165) is 12.1 Å². The van der Waals surface area contributed by atoms with Crippen molar-refractivity contribution in [2.75, 3.05) is 10.7 Å². The molecule has 0 aliphatic carbocycles. The van der Waals surface area contributed by atoms with Crippen LogP contribution in [0.3, 0.4) is 0 Å². The smallest absolute Gasteiger partial charge is 0.410 e. The molecule has 0 saturated heterocycles. The number of nitrogens with one attached hydrogen (secondary N) is 2. The Labute approximate surface area is 152 Å². The summed E-state index contributed by atoms with van der Waals surface area (Å²) < 4.78 is 40.1. The van der Waals surface area contributed by atoms with E-state index in [1.54, 1.807) is 30.3 Å². The number of hydrogen-bond donors (Lipinski definition) is 3. The monoisotopic (exact) mass is 380 g/mol. The third-order valence-electron chi connectivity index (χ3n) is 3.13. The van der Waals surface area contributed by atoms with Crippen molar-refractivity contribution in [1.29, 1.82) is 0 Å². The number of rotatable bonds is 6. The van der Waals surface area contributed by atoms with E-state index in [2.05, 4.69) is 25.7 Å². The Morgan fingerprint density at radius 2 is 1.67 bits per heavy atom. The third-order valence-corrected chi connectivity index (χ3v) is 3.13. The largest absolute Gasteiger partial charge is 0.573 e. The van der Waals surface area contributed by atoms with E-state index in [4.69, 9.17) is 5.21 Å². The van der Waals surface area contributed by atoms with Gasteiger partial charge in [-0.15, -0.1) is 13.2 Å². The number of oxime groups is 1. The maximum Gasteiger partial charge on any atom is 0.573 e. The summed E-state index contributed by atoms with van der Waals surface area (Å²) in [6.45, 7) is 1.42. The van der Waals surface area contributed by atoms with Crippen LogP contribution in [0.1, 0.15) is 6.92 Å². The normalized spacial score (nSPS) is 12.4. The van der Waals surface area contributed by atoms with Crippen molar-refractivity contribution < 1.29 is 27.9 Å². The summed E-state index contributed by atoms with van der Waals surface area (Å²) in [7, 11) is 0. The Bertz CT molecular complexity index is 835. The summed E-state index contributed by atoms with van der Waals surface area (Å²) in [6, 6.07) is 13.3. The second-order valence-electron chi connectivity index (χ2n) is 5.15. The fraction of sp³-hybridized carbons (Fsp3) is 0.118. The number of carbonyl (C=O) groups excluding carboxylic acids is 1. The zero-order valence-electron chi connectivity index (χ0n) is 14.0. The van der Waals surface area contributed by atoms with Gasteiger partial charge in [-0.05, 0) is 43.3 Å². The summed E-state index contributed by atoms with van der Waals surface area (Å²) in [5.41, 5.74) is 3.12. The zero-order chi connectivity index (χ0) is 19.9. The number of halogens is 3. The molecule has 27 heavy (non-hydrogen) atoms. The lowest BCUT2D eigenvalue weighted by Gasteiger charge is -2.09. The predicted octanol–water partition coefficient (Wildman–Crippen LogP) is 3.84. The van der Waals surface area contributed by atoms with Gasteiger partial charge in [-0.3, -0.25) is 10.2 Å². The summed E-state index contributed by atoms with van der Waals surface area (Å²) >= 11 is 0. The molecule has 7 nitrogen and oxygen atoms in total. The summed E-state index contributed by atoms with van der Waals surface area (Å²) in [5.74, 6) is -1.06. The molecule has 0 bridgehead atoms. The molecule has 2 rings (SSSR count). The number of hydrogen-bond acceptors (Lipinski definition) is 6. The van der Waals surface area contributed by atoms with Gasteiger partial charge in [-0.25, -0.2) is 0 Å². The van der Waals surface area contributed by atoms with Gasteiger partial charge in [0.25, 0.3) is 5.91 Å². The van der Waals surface area contributed by atoms with Crippen LogP contribution < -0.4 is 15.5 Å². The number of ether oxygens (including phenoxy) is 1. The van der Waals surface area contributed by atoms with Gasteiger partial charge in [0, 0.05) is 5.69 Å². The molecule has 0 atom stereocenters. The number of benzene rings is 2. The van der Waals surface area contributed by atoms with Crippen molar-refractivity contribution >= 4 is 28.7 Å². The molecule has 142 valence electrons. The highest BCUT2D eigenvalue weighted by atomic mass is 19.4. The van der Waals surface area contributed by atoms with E-state index in [9.17, 15) is 18.0 Å². The molecular formula is C17H15F3N4O3. The molecule has 1 amide bonds. The maximum atomic E-state index is 12.1. The first-order valence-corrected chi connectivity index (χ1v) is 7.53. The molecule has 3 N–H and O–H groups in total. The van der Waals surface area contributed by atoms with Crippen molar-refractivity contribution in [3.05, 3.63) is 54.6 Å². The Kier molecular flexibility index (Phi) is 6.36. The lowest BCUT2D eigenvalue weighted by Crippen LogP contribution is -2.29. The predicted molar refractivity (Wildman–Crippen MR) is 94.1 cm³/mol. The molecule has 0 heterocycles. The average molecular weight is 380 g/mol. The molecule has 0 saturated carbocycles. The lowest BCUT2D eigenvalue weighted by molar-refractivity contribution is -0.274. The fourth-order valence-corrected chi connectivity index (χ4v) is 1.93. The summed E-state index contributed by atoms with van der Waals surface area (Å²) in [6.07, 6.45) is -4.78. The Hall–Kier alpha value is -3.56. The fourth-order valence-electron chi connectivity index (χ4n) is 1.93. The van der Waals surface area contributed by atoms with Crippen molar-refractivity contribution in [2.24, 2.45) is 10.3 Å². The first-order valence-electron chi connectivity index (χ1n) is 7.53. The minimum Gasteiger partial charge on any atom is -0.410 e. The molecule has 0 aliphatic heterocycles. The van der Waals surface area contributed by atoms with E-state index >= 15 is 0 Å². The highest BCUT2D eigenvalue weighted by molar-refractivity contribution is 6.68. The van der Waals surface area contributed by atoms with E-state index in [0.29, 0.717) is 11.4 Å². The number of anilines is 2. The Morgan fingerprint density at radius 3 is 2.22 bits per heavy atom. The first kappa shape index (κ1) is 19.8. The molecular weight excluding hydrogens is 365 g/mol. The lowest BCUT2D eigenvalue weighted by atomic mass is 10.2. The number of amides is 1. The zero-order valence-corrected chi connectivity index (χ0v) is 14.0. The van der Waals surface area contributed by atoms with Gasteiger partial charge < -0.3 is 15.3 Å². The van der Waals surface area contributed by atoms with Crippen molar-refractivity contribution in [2.45, 2.75) is 13.3 Å². The van der Waals surface area contributed by atoms with Crippen LogP contribution in [0.4, 0.5) is 24.5 Å². The van der Waals surface area contributed by atoms with Crippen LogP contribution in [0.5, 0.6) is 5.75 Å². The topological polar surface area (TPSA) is 95.3 Å². The average Bonchev–Trinajstić information content (AvgIpc) is 2.61. The molecule has 0 unspecified atom stereocenters. The minimum absolute atomic E-state index is 0.0570. The van der Waals surface area contributed by atoms with Crippen LogP contribution in [0.25, 0.3) is 0 Å². The number of nitrogens with zero attached hydrogens (tertiary/aromatic N) is 2. The quantitative estimate of drug-likeness (QED) is 0.403. The van der Waals surface area contributed by atoms with Gasteiger partial charge in [0.05, 0.1) is 11.4 Å². The van der Waals surface area contributed by atoms with Crippen LogP contribution in [0, 0.1) is 0 Å². The second kappa shape index (κ2) is 8.70. The number of carbonyl (C=O) groups is 1. The van der Waals surface area contributed by atoms with Crippen molar-refractivity contribution in [3.8, 4) is 5.75 Å². The van der Waals surface area contributed by atoms with E-state index < -0.39 is 12.3 Å². The van der Waals surface area contributed by atoms with Gasteiger partial charge >= 0.3 is 6.36 Å². The van der Waals surface area contributed by atoms with Gasteiger partial charge in [0.2, 0.25) is 0 Å². The minimum atomic E-state index is -4.78. The van der Waals surface area contributed by atoms with Crippen LogP contribution in [0.2, 0.25) is 0 Å². The molecule has 0 spiro atoms. The molecule has 0 aliphatic rings. The summed E-state index contributed by atoms with van der Waals surface area (Å²) in [5, 5.41) is 18.4. The molecule has 2 aromatic rings. The number of alkyl halides is 3. The van der Waals surface area contributed by atoms with Crippen LogP contribution in [0.15, 0.2) is 64.9 Å². The number of para-hydroxylation sites is 1. The first-order chi connectivity index (χ1) is 12.8. The standard InChI is InChI=1S/C17H15F3N4O3/c1-11(15(24-26)16(25)21-12-5-3-2-4-6-12)22-23-13-7-9-14(10-8-13)27-17(18,19)20/h2-10,23,26H,1H3,(H,21,25)/b22-11-,24-15+. The van der Waals surface area contributed by atoms with E-state index in [1.807, 2.05) is 0 Å².